The van der Waals surface area contributed by atoms with Gasteiger partial charge in [-0.2, -0.15) is 0 Å². The zero-order valence-electron chi connectivity index (χ0n) is 11.8. The molecule has 0 saturated carbocycles. The van der Waals surface area contributed by atoms with Crippen LogP contribution in [-0.2, 0) is 0 Å². The number of hydrogen-bond donors (Lipinski definition) is 1. The molecular weight excluding hydrogens is 292 g/mol. The lowest BCUT2D eigenvalue weighted by Crippen LogP contribution is -1.82. The Hall–Kier alpha value is -2.58. The molecule has 0 atom stereocenters. The summed E-state index contributed by atoms with van der Waals surface area (Å²) in [6.45, 7) is 0. The largest absolute Gasteiger partial charge is 0.354 e. The number of nitrogens with zero attached hydrogens (tertiary/aromatic N) is 1. The lowest BCUT2D eigenvalue weighted by atomic mass is 9.99. The van der Waals surface area contributed by atoms with Crippen molar-refractivity contribution in [3.05, 3.63) is 78.1 Å². The van der Waals surface area contributed by atoms with E-state index >= 15 is 0 Å². The van der Waals surface area contributed by atoms with Gasteiger partial charge in [-0.1, -0.05) is 54.1 Å². The van der Waals surface area contributed by atoms with Gasteiger partial charge in [0.25, 0.3) is 0 Å². The summed E-state index contributed by atoms with van der Waals surface area (Å²) in [5.74, 6) is 0. The molecule has 2 aromatic carbocycles. The van der Waals surface area contributed by atoms with Gasteiger partial charge in [-0.05, 0) is 29.3 Å². The normalized spacial score (nSPS) is 11.0. The van der Waals surface area contributed by atoms with Crippen molar-refractivity contribution in [2.45, 2.75) is 0 Å². The highest BCUT2D eigenvalue weighted by atomic mass is 35.5. The summed E-state index contributed by atoms with van der Waals surface area (Å²) >= 11 is 6.01. The quantitative estimate of drug-likeness (QED) is 0.516. The highest BCUT2D eigenvalue weighted by Crippen LogP contribution is 2.37. The zero-order valence-corrected chi connectivity index (χ0v) is 12.5. The van der Waals surface area contributed by atoms with Gasteiger partial charge in [0.05, 0.1) is 5.69 Å². The molecule has 106 valence electrons. The fourth-order valence-corrected chi connectivity index (χ4v) is 2.90. The Morgan fingerprint density at radius 2 is 1.59 bits per heavy atom. The third-order valence-electron chi connectivity index (χ3n) is 3.80. The van der Waals surface area contributed by atoms with E-state index in [1.54, 1.807) is 6.20 Å². The summed E-state index contributed by atoms with van der Waals surface area (Å²) in [4.78, 5) is 7.79. The number of H-pyrrole nitrogens is 1. The molecule has 4 aromatic rings. The minimum atomic E-state index is 0.739. The van der Waals surface area contributed by atoms with Crippen molar-refractivity contribution >= 4 is 22.5 Å². The maximum atomic E-state index is 6.01. The third kappa shape index (κ3) is 2.18. The van der Waals surface area contributed by atoms with E-state index in [9.17, 15) is 0 Å². The number of benzene rings is 2. The van der Waals surface area contributed by atoms with Crippen LogP contribution in [0.15, 0.2) is 73.1 Å². The summed E-state index contributed by atoms with van der Waals surface area (Å²) in [5, 5.41) is 1.86. The van der Waals surface area contributed by atoms with E-state index in [1.165, 1.54) is 11.1 Å². The van der Waals surface area contributed by atoms with E-state index in [2.05, 4.69) is 34.2 Å². The molecule has 0 saturated heterocycles. The van der Waals surface area contributed by atoms with Crippen molar-refractivity contribution in [2.75, 3.05) is 0 Å². The lowest BCUT2D eigenvalue weighted by molar-refractivity contribution is 1.36. The molecule has 0 amide bonds. The number of pyridine rings is 1. The van der Waals surface area contributed by atoms with Crippen molar-refractivity contribution in [1.29, 1.82) is 0 Å². The Morgan fingerprint density at radius 3 is 2.36 bits per heavy atom. The number of rotatable bonds is 2. The second kappa shape index (κ2) is 5.32. The molecule has 2 nitrogen and oxygen atoms in total. The smallest absolute Gasteiger partial charge is 0.0545 e. The molecule has 0 unspecified atom stereocenters. The zero-order chi connectivity index (χ0) is 14.9. The maximum Gasteiger partial charge on any atom is 0.0545 e. The number of halogens is 1. The predicted octanol–water partition coefficient (Wildman–Crippen LogP) is 5.55. The van der Waals surface area contributed by atoms with E-state index in [1.807, 2.05) is 42.6 Å². The summed E-state index contributed by atoms with van der Waals surface area (Å²) in [7, 11) is 0. The van der Waals surface area contributed by atoms with E-state index < -0.39 is 0 Å². The second-order valence-corrected chi connectivity index (χ2v) is 5.61. The fourth-order valence-electron chi connectivity index (χ4n) is 2.77. The number of hydrogen-bond acceptors (Lipinski definition) is 1. The Labute approximate surface area is 133 Å². The van der Waals surface area contributed by atoms with E-state index in [-0.39, 0.29) is 0 Å². The lowest BCUT2D eigenvalue weighted by Gasteiger charge is -2.05. The van der Waals surface area contributed by atoms with Crippen LogP contribution >= 0.6 is 11.6 Å². The van der Waals surface area contributed by atoms with E-state index in [4.69, 9.17) is 11.6 Å². The van der Waals surface area contributed by atoms with Crippen molar-refractivity contribution < 1.29 is 0 Å². The molecule has 0 aliphatic rings. The number of aromatic nitrogens is 2. The molecule has 0 aliphatic carbocycles. The second-order valence-electron chi connectivity index (χ2n) is 5.17. The van der Waals surface area contributed by atoms with Crippen LogP contribution < -0.4 is 0 Å². The molecule has 3 heteroatoms. The van der Waals surface area contributed by atoms with Gasteiger partial charge in [-0.15, -0.1) is 0 Å². The fraction of sp³-hybridized carbons (Fsp3) is 0. The molecule has 2 heterocycles. The maximum absolute atomic E-state index is 6.01. The molecule has 0 fully saturated rings. The van der Waals surface area contributed by atoms with Gasteiger partial charge >= 0.3 is 0 Å². The van der Waals surface area contributed by atoms with Crippen LogP contribution in [-0.4, -0.2) is 9.97 Å². The Kier molecular flexibility index (Phi) is 3.17. The van der Waals surface area contributed by atoms with Crippen molar-refractivity contribution in [1.82, 2.24) is 9.97 Å². The van der Waals surface area contributed by atoms with Crippen LogP contribution in [0.4, 0.5) is 0 Å². The van der Waals surface area contributed by atoms with Crippen LogP contribution in [0, 0.1) is 0 Å². The third-order valence-corrected chi connectivity index (χ3v) is 4.05. The highest BCUT2D eigenvalue weighted by Gasteiger charge is 2.14. The monoisotopic (exact) mass is 304 g/mol. The highest BCUT2D eigenvalue weighted by molar-refractivity contribution is 6.30. The molecule has 0 spiro atoms. The van der Waals surface area contributed by atoms with E-state index in [0.717, 1.165) is 27.2 Å². The molecule has 0 radical (unpaired) electrons. The van der Waals surface area contributed by atoms with Gasteiger partial charge in [0.15, 0.2) is 0 Å². The summed E-state index contributed by atoms with van der Waals surface area (Å²) in [6, 6.07) is 20.3. The Morgan fingerprint density at radius 1 is 0.818 bits per heavy atom. The average Bonchev–Trinajstić information content (AvgIpc) is 2.96. The topological polar surface area (TPSA) is 28.7 Å². The Balaban J connectivity index is 2.04. The average molecular weight is 305 g/mol. The molecule has 22 heavy (non-hydrogen) atoms. The molecule has 0 aliphatic heterocycles. The van der Waals surface area contributed by atoms with Crippen molar-refractivity contribution in [3.63, 3.8) is 0 Å². The first-order valence-corrected chi connectivity index (χ1v) is 7.48. The SMILES string of the molecule is Clc1ccc(-c2[nH]c3ccncc3c2-c2ccccc2)cc1. The molecule has 1 N–H and O–H groups in total. The van der Waals surface area contributed by atoms with Gasteiger partial charge in [0.2, 0.25) is 0 Å². The Bertz CT molecular complexity index is 925. The first-order chi connectivity index (χ1) is 10.8. The van der Waals surface area contributed by atoms with Crippen LogP contribution in [0.5, 0.6) is 0 Å². The summed E-state index contributed by atoms with van der Waals surface area (Å²) in [6.07, 6.45) is 3.72. The van der Waals surface area contributed by atoms with Crippen LogP contribution in [0.2, 0.25) is 5.02 Å². The number of nitrogens with one attached hydrogen (secondary N) is 1. The molecule has 4 rings (SSSR count). The molecule has 2 aromatic heterocycles. The minimum Gasteiger partial charge on any atom is -0.354 e. The predicted molar refractivity (Wildman–Crippen MR) is 92.0 cm³/mol. The van der Waals surface area contributed by atoms with E-state index in [0.29, 0.717) is 0 Å². The van der Waals surface area contributed by atoms with Gasteiger partial charge < -0.3 is 4.98 Å². The van der Waals surface area contributed by atoms with Crippen molar-refractivity contribution in [3.8, 4) is 22.4 Å². The van der Waals surface area contributed by atoms with Gasteiger partial charge in [-0.25, -0.2) is 0 Å². The summed E-state index contributed by atoms with van der Waals surface area (Å²) < 4.78 is 0. The standard InChI is InChI=1S/C19H13ClN2/c20-15-8-6-14(7-9-15)19-18(13-4-2-1-3-5-13)16-12-21-11-10-17(16)22-19/h1-12,22H. The van der Waals surface area contributed by atoms with Crippen LogP contribution in [0.25, 0.3) is 33.3 Å². The number of fused-ring (bicyclic) bond motifs is 1. The summed E-state index contributed by atoms with van der Waals surface area (Å²) in [5.41, 5.74) is 5.63. The van der Waals surface area contributed by atoms with Gasteiger partial charge in [-0.3, -0.25) is 4.98 Å². The van der Waals surface area contributed by atoms with Crippen LogP contribution in [0.1, 0.15) is 0 Å². The first-order valence-electron chi connectivity index (χ1n) is 7.10. The first kappa shape index (κ1) is 13.1. The van der Waals surface area contributed by atoms with Gasteiger partial charge in [0.1, 0.15) is 0 Å². The van der Waals surface area contributed by atoms with Gasteiger partial charge in [0, 0.05) is 33.9 Å². The number of aromatic amines is 1. The molecular formula is C19H13ClN2. The minimum absolute atomic E-state index is 0.739. The van der Waals surface area contributed by atoms with Crippen LogP contribution in [0.3, 0.4) is 0 Å². The molecule has 0 bridgehead atoms. The van der Waals surface area contributed by atoms with Crippen molar-refractivity contribution in [2.24, 2.45) is 0 Å².